The molecule has 0 spiro atoms. The molecule has 0 N–H and O–H groups in total. The summed E-state index contributed by atoms with van der Waals surface area (Å²) in [4.78, 5) is 24.2. The molecule has 1 heterocycles. The van der Waals surface area contributed by atoms with Gasteiger partial charge >= 0.3 is 5.97 Å². The fourth-order valence-corrected chi connectivity index (χ4v) is 1.79. The minimum Gasteiger partial charge on any atom is -0.480 e. The van der Waals surface area contributed by atoms with Gasteiger partial charge in [-0.05, 0) is 12.1 Å². The van der Waals surface area contributed by atoms with Gasteiger partial charge in [0, 0.05) is 0 Å². The number of hydrogen-bond acceptors (Lipinski definition) is 4. The molecule has 0 bridgehead atoms. The molecule has 1 aliphatic heterocycles. The largest absolute Gasteiger partial charge is 0.480 e. The molecule has 2 rings (SSSR count). The zero-order chi connectivity index (χ0) is 12.4. The molecule has 0 fully saturated rings. The lowest BCUT2D eigenvalue weighted by atomic mass is 10.2. The molecule has 6 heteroatoms. The van der Waals surface area contributed by atoms with Crippen LogP contribution in [-0.4, -0.2) is 32.1 Å². The lowest BCUT2D eigenvalue weighted by Gasteiger charge is -2.28. The Morgan fingerprint density at radius 3 is 3.06 bits per heavy atom. The standard InChI is InChI=1S/C11H10ClNO4/c1-16-10(15)5-13-8-4-2-3-7(12)11(8)17-6-9(13)14/h2-4H,5-6H2,1H3. The van der Waals surface area contributed by atoms with E-state index in [0.717, 1.165) is 0 Å². The lowest BCUT2D eigenvalue weighted by Crippen LogP contribution is -2.42. The summed E-state index contributed by atoms with van der Waals surface area (Å²) in [6, 6.07) is 5.02. The molecule has 0 unspecified atom stereocenters. The first-order valence-corrected chi connectivity index (χ1v) is 5.29. The van der Waals surface area contributed by atoms with Crippen LogP contribution in [0.1, 0.15) is 0 Å². The molecule has 0 aromatic heterocycles. The highest BCUT2D eigenvalue weighted by atomic mass is 35.5. The number of amides is 1. The Bertz CT molecular complexity index is 475. The van der Waals surface area contributed by atoms with Crippen molar-refractivity contribution in [3.8, 4) is 5.75 Å². The normalized spacial score (nSPS) is 14.0. The summed E-state index contributed by atoms with van der Waals surface area (Å²) in [6.45, 7) is -0.278. The minimum absolute atomic E-state index is 0.131. The molecule has 0 atom stereocenters. The SMILES string of the molecule is COC(=O)CN1C(=O)COc2c(Cl)cccc21. The Morgan fingerprint density at radius 2 is 2.35 bits per heavy atom. The maximum Gasteiger partial charge on any atom is 0.325 e. The zero-order valence-electron chi connectivity index (χ0n) is 9.10. The number of ether oxygens (including phenoxy) is 2. The maximum absolute atomic E-state index is 11.7. The molecule has 1 aliphatic rings. The monoisotopic (exact) mass is 255 g/mol. The third-order valence-corrected chi connectivity index (χ3v) is 2.69. The number of hydrogen-bond donors (Lipinski definition) is 0. The first-order chi connectivity index (χ1) is 8.13. The van der Waals surface area contributed by atoms with E-state index in [9.17, 15) is 9.59 Å². The third-order valence-electron chi connectivity index (χ3n) is 2.39. The molecule has 17 heavy (non-hydrogen) atoms. The van der Waals surface area contributed by atoms with Gasteiger partial charge in [-0.1, -0.05) is 17.7 Å². The Labute approximate surface area is 103 Å². The molecule has 0 saturated carbocycles. The van der Waals surface area contributed by atoms with E-state index in [1.54, 1.807) is 18.2 Å². The number of benzene rings is 1. The number of halogens is 1. The van der Waals surface area contributed by atoms with Crippen LogP contribution < -0.4 is 9.64 Å². The molecule has 5 nitrogen and oxygen atoms in total. The third kappa shape index (κ3) is 2.19. The van der Waals surface area contributed by atoms with E-state index in [1.165, 1.54) is 12.0 Å². The van der Waals surface area contributed by atoms with Gasteiger partial charge in [0.25, 0.3) is 5.91 Å². The number of nitrogens with zero attached hydrogens (tertiary/aromatic N) is 1. The molecule has 1 aromatic carbocycles. The highest BCUT2D eigenvalue weighted by Gasteiger charge is 2.28. The van der Waals surface area contributed by atoms with Gasteiger partial charge in [-0.2, -0.15) is 0 Å². The predicted octanol–water partition coefficient (Wildman–Crippen LogP) is 1.24. The quantitative estimate of drug-likeness (QED) is 0.746. The van der Waals surface area contributed by atoms with Gasteiger partial charge in [0.15, 0.2) is 12.4 Å². The second-order valence-corrected chi connectivity index (χ2v) is 3.84. The van der Waals surface area contributed by atoms with Crippen LogP contribution in [0.5, 0.6) is 5.75 Å². The highest BCUT2D eigenvalue weighted by Crippen LogP contribution is 2.37. The molecular formula is C11H10ClNO4. The first kappa shape index (κ1) is 11.7. The molecular weight excluding hydrogens is 246 g/mol. The summed E-state index contributed by atoms with van der Waals surface area (Å²) < 4.78 is 9.78. The zero-order valence-corrected chi connectivity index (χ0v) is 9.86. The summed E-state index contributed by atoms with van der Waals surface area (Å²) >= 11 is 5.95. The van der Waals surface area contributed by atoms with E-state index in [4.69, 9.17) is 16.3 Å². The van der Waals surface area contributed by atoms with Crippen LogP contribution in [-0.2, 0) is 14.3 Å². The van der Waals surface area contributed by atoms with Crippen LogP contribution in [0.25, 0.3) is 0 Å². The Kier molecular flexibility index (Phi) is 3.19. The smallest absolute Gasteiger partial charge is 0.325 e. The van der Waals surface area contributed by atoms with Crippen LogP contribution in [0.4, 0.5) is 5.69 Å². The molecule has 0 radical (unpaired) electrons. The topological polar surface area (TPSA) is 55.8 Å². The van der Waals surface area contributed by atoms with E-state index in [0.29, 0.717) is 16.5 Å². The van der Waals surface area contributed by atoms with Gasteiger partial charge in [-0.15, -0.1) is 0 Å². The Hall–Kier alpha value is -1.75. The summed E-state index contributed by atoms with van der Waals surface area (Å²) in [5.74, 6) is -0.381. The molecule has 0 saturated heterocycles. The summed E-state index contributed by atoms with van der Waals surface area (Å²) in [7, 11) is 1.27. The van der Waals surface area contributed by atoms with Crippen molar-refractivity contribution in [1.29, 1.82) is 0 Å². The van der Waals surface area contributed by atoms with Gasteiger partial charge in [0.2, 0.25) is 0 Å². The van der Waals surface area contributed by atoms with Crippen molar-refractivity contribution in [3.63, 3.8) is 0 Å². The Balaban J connectivity index is 2.37. The van der Waals surface area contributed by atoms with Crippen molar-refractivity contribution in [2.45, 2.75) is 0 Å². The van der Waals surface area contributed by atoms with Crippen molar-refractivity contribution in [2.24, 2.45) is 0 Å². The minimum atomic E-state index is -0.494. The second kappa shape index (κ2) is 4.63. The van der Waals surface area contributed by atoms with E-state index in [1.807, 2.05) is 0 Å². The second-order valence-electron chi connectivity index (χ2n) is 3.43. The maximum atomic E-state index is 11.7. The van der Waals surface area contributed by atoms with Gasteiger partial charge in [-0.3, -0.25) is 14.5 Å². The molecule has 0 aliphatic carbocycles. The first-order valence-electron chi connectivity index (χ1n) is 4.92. The van der Waals surface area contributed by atoms with Crippen LogP contribution in [0.3, 0.4) is 0 Å². The van der Waals surface area contributed by atoms with E-state index < -0.39 is 5.97 Å². The number of methoxy groups -OCH3 is 1. The van der Waals surface area contributed by atoms with Crippen LogP contribution in [0, 0.1) is 0 Å². The molecule has 90 valence electrons. The van der Waals surface area contributed by atoms with Gasteiger partial charge in [-0.25, -0.2) is 0 Å². The van der Waals surface area contributed by atoms with Crippen molar-refractivity contribution < 1.29 is 19.1 Å². The summed E-state index contributed by atoms with van der Waals surface area (Å²) in [5.41, 5.74) is 0.485. The predicted molar refractivity (Wildman–Crippen MR) is 61.3 cm³/mol. The van der Waals surface area contributed by atoms with Gasteiger partial charge < -0.3 is 9.47 Å². The number of carbonyl (C=O) groups excluding carboxylic acids is 2. The average molecular weight is 256 g/mol. The summed E-state index contributed by atoms with van der Waals surface area (Å²) in [6.07, 6.45) is 0. The van der Waals surface area contributed by atoms with Crippen molar-refractivity contribution in [3.05, 3.63) is 23.2 Å². The van der Waals surface area contributed by atoms with E-state index >= 15 is 0 Å². The van der Waals surface area contributed by atoms with Crippen LogP contribution >= 0.6 is 11.6 Å². The van der Waals surface area contributed by atoms with Crippen molar-refractivity contribution in [2.75, 3.05) is 25.2 Å². The number of fused-ring (bicyclic) bond motifs is 1. The Morgan fingerprint density at radius 1 is 1.59 bits per heavy atom. The number of anilines is 1. The van der Waals surface area contributed by atoms with Gasteiger partial charge in [0.1, 0.15) is 6.54 Å². The van der Waals surface area contributed by atoms with E-state index in [-0.39, 0.29) is 19.1 Å². The lowest BCUT2D eigenvalue weighted by molar-refractivity contribution is -0.140. The fraction of sp³-hybridized carbons (Fsp3) is 0.273. The molecule has 1 amide bonds. The highest BCUT2D eigenvalue weighted by molar-refractivity contribution is 6.32. The number of para-hydroxylation sites is 1. The molecule has 1 aromatic rings. The van der Waals surface area contributed by atoms with Gasteiger partial charge in [0.05, 0.1) is 17.8 Å². The van der Waals surface area contributed by atoms with Crippen molar-refractivity contribution >= 4 is 29.2 Å². The van der Waals surface area contributed by atoms with Crippen LogP contribution in [0.15, 0.2) is 18.2 Å². The number of esters is 1. The van der Waals surface area contributed by atoms with E-state index in [2.05, 4.69) is 4.74 Å². The summed E-state index contributed by atoms with van der Waals surface area (Å²) in [5, 5.41) is 0.407. The number of carbonyl (C=O) groups is 2. The fourth-order valence-electron chi connectivity index (χ4n) is 1.57. The van der Waals surface area contributed by atoms with Crippen LogP contribution in [0.2, 0.25) is 5.02 Å². The number of rotatable bonds is 2. The average Bonchev–Trinajstić information content (AvgIpc) is 2.33. The van der Waals surface area contributed by atoms with Crippen molar-refractivity contribution in [1.82, 2.24) is 0 Å².